The first kappa shape index (κ1) is 24.7. The predicted octanol–water partition coefficient (Wildman–Crippen LogP) is 6.47. The molecule has 8 heteroatoms. The summed E-state index contributed by atoms with van der Waals surface area (Å²) in [5.41, 5.74) is 1.57. The molecule has 2 unspecified atom stereocenters. The van der Waals surface area contributed by atoms with E-state index in [-0.39, 0.29) is 23.9 Å². The van der Waals surface area contributed by atoms with E-state index in [4.69, 9.17) is 46.4 Å². The molecule has 0 bridgehead atoms. The van der Waals surface area contributed by atoms with Crippen LogP contribution in [-0.2, 0) is 9.59 Å². The van der Waals surface area contributed by atoms with Crippen molar-refractivity contribution in [2.45, 2.75) is 25.9 Å². The van der Waals surface area contributed by atoms with Crippen molar-refractivity contribution in [2.75, 3.05) is 13.1 Å². The van der Waals surface area contributed by atoms with Crippen LogP contribution in [0.15, 0.2) is 48.6 Å². The number of carbonyl (C=O) groups excluding carboxylic acids is 2. The Hall–Kier alpha value is -1.98. The van der Waals surface area contributed by atoms with Crippen LogP contribution in [0.3, 0.4) is 0 Å². The SMILES string of the molecule is CC1CN(C(=O)C=Cc2ccc(Cl)c(Cl)c2)C(C)CN1C(=O)C=Cc1ccc(Cl)c(Cl)c1. The number of nitrogens with zero attached hydrogens (tertiary/aromatic N) is 2. The summed E-state index contributed by atoms with van der Waals surface area (Å²) in [5.74, 6) is -0.234. The highest BCUT2D eigenvalue weighted by molar-refractivity contribution is 6.42. The Bertz CT molecular complexity index is 998. The molecule has 1 heterocycles. The molecule has 4 nitrogen and oxygen atoms in total. The third-order valence-corrected chi connectivity index (χ3v) is 6.75. The van der Waals surface area contributed by atoms with Gasteiger partial charge in [-0.2, -0.15) is 0 Å². The first-order chi connectivity index (χ1) is 15.2. The summed E-state index contributed by atoms with van der Waals surface area (Å²) in [7, 11) is 0. The smallest absolute Gasteiger partial charge is 0.246 e. The molecule has 3 rings (SSSR count). The summed E-state index contributed by atoms with van der Waals surface area (Å²) in [6.45, 7) is 4.75. The fraction of sp³-hybridized carbons (Fsp3) is 0.250. The number of rotatable bonds is 4. The maximum atomic E-state index is 12.8. The van der Waals surface area contributed by atoms with Crippen molar-refractivity contribution < 1.29 is 9.59 Å². The molecule has 1 aliphatic rings. The predicted molar refractivity (Wildman–Crippen MR) is 133 cm³/mol. The molecule has 1 fully saturated rings. The topological polar surface area (TPSA) is 40.6 Å². The molecule has 0 N–H and O–H groups in total. The van der Waals surface area contributed by atoms with Gasteiger partial charge in [0, 0.05) is 37.3 Å². The molecule has 1 saturated heterocycles. The van der Waals surface area contributed by atoms with Gasteiger partial charge in [-0.05, 0) is 61.4 Å². The van der Waals surface area contributed by atoms with Crippen molar-refractivity contribution in [3.63, 3.8) is 0 Å². The molecular weight excluding hydrogens is 490 g/mol. The largest absolute Gasteiger partial charge is 0.333 e. The average molecular weight is 512 g/mol. The van der Waals surface area contributed by atoms with Gasteiger partial charge in [0.05, 0.1) is 20.1 Å². The zero-order valence-corrected chi connectivity index (χ0v) is 20.6. The van der Waals surface area contributed by atoms with Crippen LogP contribution in [0.5, 0.6) is 0 Å². The van der Waals surface area contributed by atoms with E-state index >= 15 is 0 Å². The maximum Gasteiger partial charge on any atom is 0.246 e. The molecule has 0 aliphatic carbocycles. The third-order valence-electron chi connectivity index (χ3n) is 5.28. The minimum absolute atomic E-state index is 0.117. The van der Waals surface area contributed by atoms with Gasteiger partial charge >= 0.3 is 0 Å². The summed E-state index contributed by atoms with van der Waals surface area (Å²) in [5, 5.41) is 1.80. The average Bonchev–Trinajstić information content (AvgIpc) is 2.76. The fourth-order valence-electron chi connectivity index (χ4n) is 3.50. The van der Waals surface area contributed by atoms with Crippen LogP contribution >= 0.6 is 46.4 Å². The van der Waals surface area contributed by atoms with E-state index in [1.807, 2.05) is 13.8 Å². The van der Waals surface area contributed by atoms with Crippen molar-refractivity contribution in [3.8, 4) is 0 Å². The Labute approximate surface area is 208 Å². The van der Waals surface area contributed by atoms with Gasteiger partial charge in [-0.1, -0.05) is 58.5 Å². The summed E-state index contributed by atoms with van der Waals surface area (Å²) >= 11 is 23.9. The highest BCUT2D eigenvalue weighted by atomic mass is 35.5. The Morgan fingerprint density at radius 3 is 1.44 bits per heavy atom. The van der Waals surface area contributed by atoms with Crippen LogP contribution in [0.1, 0.15) is 25.0 Å². The number of carbonyl (C=O) groups is 2. The van der Waals surface area contributed by atoms with Gasteiger partial charge in [0.1, 0.15) is 0 Å². The second-order valence-corrected chi connectivity index (χ2v) is 9.32. The van der Waals surface area contributed by atoms with Gasteiger partial charge in [0.15, 0.2) is 0 Å². The molecule has 168 valence electrons. The maximum absolute atomic E-state index is 12.8. The molecule has 2 atom stereocenters. The Morgan fingerprint density at radius 2 is 1.09 bits per heavy atom. The van der Waals surface area contributed by atoms with E-state index in [1.165, 1.54) is 12.2 Å². The lowest BCUT2D eigenvalue weighted by atomic mass is 10.1. The summed E-state index contributed by atoms with van der Waals surface area (Å²) in [6.07, 6.45) is 6.45. The van der Waals surface area contributed by atoms with E-state index in [1.54, 1.807) is 58.4 Å². The van der Waals surface area contributed by atoms with Crippen molar-refractivity contribution in [1.82, 2.24) is 9.80 Å². The zero-order chi connectivity index (χ0) is 23.4. The molecule has 0 spiro atoms. The van der Waals surface area contributed by atoms with Crippen molar-refractivity contribution in [1.29, 1.82) is 0 Å². The summed E-state index contributed by atoms with van der Waals surface area (Å²) < 4.78 is 0. The van der Waals surface area contributed by atoms with E-state index in [0.717, 1.165) is 11.1 Å². The molecule has 2 aromatic carbocycles. The highest BCUT2D eigenvalue weighted by Gasteiger charge is 2.32. The lowest BCUT2D eigenvalue weighted by Gasteiger charge is -2.43. The van der Waals surface area contributed by atoms with E-state index < -0.39 is 0 Å². The van der Waals surface area contributed by atoms with Crippen LogP contribution in [0.25, 0.3) is 12.2 Å². The number of halogens is 4. The Kier molecular flexibility index (Phi) is 8.29. The minimum atomic E-state index is -0.125. The van der Waals surface area contributed by atoms with Gasteiger partial charge in [-0.25, -0.2) is 0 Å². The fourth-order valence-corrected chi connectivity index (χ4v) is 4.11. The molecule has 2 aromatic rings. The third kappa shape index (κ3) is 6.08. The number of piperazine rings is 1. The van der Waals surface area contributed by atoms with Crippen molar-refractivity contribution in [2.24, 2.45) is 0 Å². The van der Waals surface area contributed by atoms with Crippen LogP contribution < -0.4 is 0 Å². The molecular formula is C24H22Cl4N2O2. The Balaban J connectivity index is 1.63. The van der Waals surface area contributed by atoms with Gasteiger partial charge in [0.2, 0.25) is 11.8 Å². The Morgan fingerprint density at radius 1 is 0.719 bits per heavy atom. The molecule has 0 saturated carbocycles. The molecule has 1 aliphatic heterocycles. The molecule has 2 amide bonds. The molecule has 0 aromatic heterocycles. The monoisotopic (exact) mass is 510 g/mol. The number of hydrogen-bond acceptors (Lipinski definition) is 2. The van der Waals surface area contributed by atoms with E-state index in [0.29, 0.717) is 33.2 Å². The quantitative estimate of drug-likeness (QED) is 0.441. The number of hydrogen-bond donors (Lipinski definition) is 0. The van der Waals surface area contributed by atoms with Gasteiger partial charge in [0.25, 0.3) is 0 Å². The first-order valence-electron chi connectivity index (χ1n) is 10.0. The molecule has 0 radical (unpaired) electrons. The second kappa shape index (κ2) is 10.8. The van der Waals surface area contributed by atoms with Crippen LogP contribution in [-0.4, -0.2) is 46.8 Å². The highest BCUT2D eigenvalue weighted by Crippen LogP contribution is 2.24. The second-order valence-electron chi connectivity index (χ2n) is 7.69. The van der Waals surface area contributed by atoms with Gasteiger partial charge < -0.3 is 9.80 Å². The van der Waals surface area contributed by atoms with E-state index in [2.05, 4.69) is 0 Å². The first-order valence-corrected chi connectivity index (χ1v) is 11.5. The van der Waals surface area contributed by atoms with E-state index in [9.17, 15) is 9.59 Å². The van der Waals surface area contributed by atoms with Gasteiger partial charge in [-0.15, -0.1) is 0 Å². The lowest BCUT2D eigenvalue weighted by Crippen LogP contribution is -2.59. The van der Waals surface area contributed by atoms with Crippen LogP contribution in [0.2, 0.25) is 20.1 Å². The summed E-state index contributed by atoms with van der Waals surface area (Å²) in [4.78, 5) is 29.1. The molecule has 32 heavy (non-hydrogen) atoms. The lowest BCUT2D eigenvalue weighted by molar-refractivity contribution is -0.139. The standard InChI is InChI=1S/C24H22Cl4N2O2/c1-15-13-30(24(32)10-6-18-4-8-20(26)22(28)12-18)16(2)14-29(15)23(31)9-5-17-3-7-19(25)21(27)11-17/h3-12,15-16H,13-14H2,1-2H3. The minimum Gasteiger partial charge on any atom is -0.333 e. The number of amides is 2. The number of benzene rings is 2. The van der Waals surface area contributed by atoms with Crippen molar-refractivity contribution >= 4 is 70.4 Å². The van der Waals surface area contributed by atoms with Crippen LogP contribution in [0.4, 0.5) is 0 Å². The van der Waals surface area contributed by atoms with Gasteiger partial charge in [-0.3, -0.25) is 9.59 Å². The summed E-state index contributed by atoms with van der Waals surface area (Å²) in [6, 6.07) is 10.1. The normalized spacial score (nSPS) is 19.2. The zero-order valence-electron chi connectivity index (χ0n) is 17.6. The van der Waals surface area contributed by atoms with Crippen LogP contribution in [0, 0.1) is 0 Å². The van der Waals surface area contributed by atoms with Crippen molar-refractivity contribution in [3.05, 3.63) is 79.8 Å².